The molecule has 162 valence electrons. The van der Waals surface area contributed by atoms with Crippen LogP contribution in [0, 0.1) is 11.6 Å². The molecular weight excluding hydrogens is 422 g/mol. The first-order valence-corrected chi connectivity index (χ1v) is 10.1. The molecular formula is C24H23ClF2N2O2. The summed E-state index contributed by atoms with van der Waals surface area (Å²) >= 11 is 6.00. The van der Waals surface area contributed by atoms with Crippen LogP contribution in [0.4, 0.5) is 13.6 Å². The van der Waals surface area contributed by atoms with Crippen LogP contribution in [-0.4, -0.2) is 16.6 Å². The fourth-order valence-electron chi connectivity index (χ4n) is 3.15. The summed E-state index contributed by atoms with van der Waals surface area (Å²) < 4.78 is 33.2. The van der Waals surface area contributed by atoms with Crippen molar-refractivity contribution in [1.82, 2.24) is 10.3 Å². The third kappa shape index (κ3) is 6.49. The zero-order valence-electron chi connectivity index (χ0n) is 17.5. The third-order valence-electron chi connectivity index (χ3n) is 4.37. The minimum atomic E-state index is -0.879. The van der Waals surface area contributed by atoms with Crippen LogP contribution in [0.3, 0.4) is 0 Å². The Morgan fingerprint density at radius 3 is 2.35 bits per heavy atom. The van der Waals surface area contributed by atoms with Crippen LogP contribution < -0.4 is 5.32 Å². The standard InChI is InChI=1S/C24H23ClF2N2O2/c1-24(2,3)29-23(30)31-21(13-15-11-18(26)14-19(27)12-15)22-20(5-4-10-28-22)16-6-8-17(25)9-7-16/h4-12,14,21H,13H2,1-3H3,(H,29,30)/t21-/m0/s1. The first kappa shape index (κ1) is 22.7. The van der Waals surface area contributed by atoms with Crippen LogP contribution in [0.15, 0.2) is 60.8 Å². The smallest absolute Gasteiger partial charge is 0.408 e. The summed E-state index contributed by atoms with van der Waals surface area (Å²) in [4.78, 5) is 17.0. The average Bonchev–Trinajstić information content (AvgIpc) is 2.66. The van der Waals surface area contributed by atoms with Gasteiger partial charge >= 0.3 is 6.09 Å². The highest BCUT2D eigenvalue weighted by atomic mass is 35.5. The molecule has 1 atom stereocenters. The van der Waals surface area contributed by atoms with E-state index in [1.807, 2.05) is 39.0 Å². The van der Waals surface area contributed by atoms with Crippen molar-refractivity contribution >= 4 is 17.7 Å². The van der Waals surface area contributed by atoms with Crippen LogP contribution in [0.1, 0.15) is 38.1 Å². The molecule has 0 saturated carbocycles. The monoisotopic (exact) mass is 444 g/mol. The molecule has 0 saturated heterocycles. The van der Waals surface area contributed by atoms with Crippen LogP contribution in [0.2, 0.25) is 5.02 Å². The predicted molar refractivity (Wildman–Crippen MR) is 117 cm³/mol. The maximum Gasteiger partial charge on any atom is 0.408 e. The second-order valence-electron chi connectivity index (χ2n) is 8.19. The number of rotatable bonds is 5. The number of nitrogens with one attached hydrogen (secondary N) is 1. The summed E-state index contributed by atoms with van der Waals surface area (Å²) in [7, 11) is 0. The molecule has 0 radical (unpaired) electrons. The Bertz CT molecular complexity index is 1050. The number of hydrogen-bond acceptors (Lipinski definition) is 3. The molecule has 1 N–H and O–H groups in total. The van der Waals surface area contributed by atoms with Gasteiger partial charge in [0.2, 0.25) is 0 Å². The van der Waals surface area contributed by atoms with Crippen molar-refractivity contribution in [2.24, 2.45) is 0 Å². The Balaban J connectivity index is 2.01. The summed E-state index contributed by atoms with van der Waals surface area (Å²) in [6.45, 7) is 5.47. The third-order valence-corrected chi connectivity index (χ3v) is 4.62. The molecule has 0 unspecified atom stereocenters. The minimum Gasteiger partial charge on any atom is -0.439 e. The van der Waals surface area contributed by atoms with Gasteiger partial charge in [0.05, 0.1) is 5.69 Å². The van der Waals surface area contributed by atoms with Crippen molar-refractivity contribution in [1.29, 1.82) is 0 Å². The van der Waals surface area contributed by atoms with Crippen molar-refractivity contribution < 1.29 is 18.3 Å². The van der Waals surface area contributed by atoms with Gasteiger partial charge in [0.25, 0.3) is 0 Å². The number of carbonyl (C=O) groups is 1. The fourth-order valence-corrected chi connectivity index (χ4v) is 3.28. The van der Waals surface area contributed by atoms with E-state index >= 15 is 0 Å². The lowest BCUT2D eigenvalue weighted by Gasteiger charge is -2.25. The molecule has 0 aliphatic heterocycles. The number of halogens is 3. The molecule has 31 heavy (non-hydrogen) atoms. The van der Waals surface area contributed by atoms with Crippen LogP contribution >= 0.6 is 11.6 Å². The molecule has 1 aromatic heterocycles. The molecule has 1 heterocycles. The van der Waals surface area contributed by atoms with Crippen LogP contribution in [0.25, 0.3) is 11.1 Å². The van der Waals surface area contributed by atoms with E-state index in [9.17, 15) is 13.6 Å². The molecule has 0 spiro atoms. The lowest BCUT2D eigenvalue weighted by atomic mass is 9.97. The molecule has 4 nitrogen and oxygen atoms in total. The first-order valence-electron chi connectivity index (χ1n) is 9.75. The number of carbonyl (C=O) groups excluding carboxylic acids is 1. The van der Waals surface area contributed by atoms with Gasteiger partial charge in [-0.15, -0.1) is 0 Å². The number of amides is 1. The second kappa shape index (κ2) is 9.43. The number of ether oxygens (including phenoxy) is 1. The highest BCUT2D eigenvalue weighted by molar-refractivity contribution is 6.30. The number of benzene rings is 2. The second-order valence-corrected chi connectivity index (χ2v) is 8.63. The topological polar surface area (TPSA) is 51.2 Å². The van der Waals surface area contributed by atoms with E-state index in [1.54, 1.807) is 24.4 Å². The van der Waals surface area contributed by atoms with Gasteiger partial charge in [0.15, 0.2) is 6.10 Å². The van der Waals surface area contributed by atoms with Crippen molar-refractivity contribution in [2.45, 2.75) is 38.8 Å². The Labute approximate surface area is 185 Å². The van der Waals surface area contributed by atoms with Crippen LogP contribution in [-0.2, 0) is 11.2 Å². The van der Waals surface area contributed by atoms with Gasteiger partial charge in [-0.05, 0) is 62.2 Å². The van der Waals surface area contributed by atoms with E-state index in [2.05, 4.69) is 10.3 Å². The first-order chi connectivity index (χ1) is 14.6. The fraction of sp³-hybridized carbons (Fsp3) is 0.250. The molecule has 1 amide bonds. The number of alkyl carbamates (subject to hydrolysis) is 1. The molecule has 2 aromatic carbocycles. The van der Waals surface area contributed by atoms with Gasteiger partial charge in [-0.25, -0.2) is 13.6 Å². The van der Waals surface area contributed by atoms with Crippen molar-refractivity contribution in [3.05, 3.63) is 88.7 Å². The van der Waals surface area contributed by atoms with Crippen molar-refractivity contribution in [2.75, 3.05) is 0 Å². The maximum absolute atomic E-state index is 13.8. The molecule has 0 aliphatic carbocycles. The average molecular weight is 445 g/mol. The predicted octanol–water partition coefficient (Wildman–Crippen LogP) is 6.49. The molecule has 3 aromatic rings. The van der Waals surface area contributed by atoms with Gasteiger partial charge in [-0.3, -0.25) is 4.98 Å². The lowest BCUT2D eigenvalue weighted by molar-refractivity contribution is 0.0891. The quantitative estimate of drug-likeness (QED) is 0.489. The molecule has 3 rings (SSSR count). The minimum absolute atomic E-state index is 0.0455. The van der Waals surface area contributed by atoms with Crippen molar-refractivity contribution in [3.8, 4) is 11.1 Å². The molecule has 0 aliphatic rings. The zero-order chi connectivity index (χ0) is 22.6. The van der Waals surface area contributed by atoms with Gasteiger partial charge in [0, 0.05) is 34.8 Å². The highest BCUT2D eigenvalue weighted by Crippen LogP contribution is 2.32. The van der Waals surface area contributed by atoms with Gasteiger partial charge in [-0.2, -0.15) is 0 Å². The number of aromatic nitrogens is 1. The molecule has 0 fully saturated rings. The Hall–Kier alpha value is -2.99. The van der Waals surface area contributed by atoms with Crippen LogP contribution in [0.5, 0.6) is 0 Å². The molecule has 7 heteroatoms. The van der Waals surface area contributed by atoms with E-state index in [1.165, 1.54) is 12.1 Å². The Kier molecular flexibility index (Phi) is 6.91. The SMILES string of the molecule is CC(C)(C)NC(=O)O[C@@H](Cc1cc(F)cc(F)c1)c1ncccc1-c1ccc(Cl)cc1. The van der Waals surface area contributed by atoms with E-state index in [0.717, 1.165) is 17.2 Å². The number of nitrogens with zero attached hydrogens (tertiary/aromatic N) is 1. The van der Waals surface area contributed by atoms with E-state index < -0.39 is 29.4 Å². The van der Waals surface area contributed by atoms with Crippen molar-refractivity contribution in [3.63, 3.8) is 0 Å². The number of hydrogen-bond donors (Lipinski definition) is 1. The zero-order valence-corrected chi connectivity index (χ0v) is 18.2. The Morgan fingerprint density at radius 2 is 1.74 bits per heavy atom. The highest BCUT2D eigenvalue weighted by Gasteiger charge is 2.25. The Morgan fingerprint density at radius 1 is 1.10 bits per heavy atom. The lowest BCUT2D eigenvalue weighted by Crippen LogP contribution is -2.41. The van der Waals surface area contributed by atoms with E-state index in [4.69, 9.17) is 16.3 Å². The van der Waals surface area contributed by atoms with E-state index in [0.29, 0.717) is 16.3 Å². The maximum atomic E-state index is 13.8. The van der Waals surface area contributed by atoms with Gasteiger partial charge in [0.1, 0.15) is 11.6 Å². The summed E-state index contributed by atoms with van der Waals surface area (Å²) in [5.74, 6) is -1.40. The largest absolute Gasteiger partial charge is 0.439 e. The normalized spacial score (nSPS) is 12.3. The summed E-state index contributed by atoms with van der Waals surface area (Å²) in [6.07, 6.45) is 0.0977. The summed E-state index contributed by atoms with van der Waals surface area (Å²) in [6, 6.07) is 14.0. The molecule has 0 bridgehead atoms. The van der Waals surface area contributed by atoms with Gasteiger partial charge in [-0.1, -0.05) is 29.8 Å². The van der Waals surface area contributed by atoms with Gasteiger partial charge < -0.3 is 10.1 Å². The summed E-state index contributed by atoms with van der Waals surface area (Å²) in [5.41, 5.74) is 1.85. The van der Waals surface area contributed by atoms with E-state index in [-0.39, 0.29) is 6.42 Å². The summed E-state index contributed by atoms with van der Waals surface area (Å²) in [5, 5.41) is 3.33. The number of pyridine rings is 1.